The molecule has 10 heteroatoms. The zero-order valence-electron chi connectivity index (χ0n) is 19.3. The Balaban J connectivity index is 1.77. The largest absolute Gasteiger partial charge is 0.493 e. The number of aromatic nitrogens is 1. The molecule has 0 saturated heterocycles. The van der Waals surface area contributed by atoms with Crippen LogP contribution in [0.5, 0.6) is 5.88 Å². The quantitative estimate of drug-likeness (QED) is 0.513. The molecule has 3 aromatic rings. The van der Waals surface area contributed by atoms with Crippen LogP contribution in [-0.4, -0.2) is 80.4 Å². The number of nitroso groups, excluding NO2 is 1. The Morgan fingerprint density at radius 1 is 1.12 bits per heavy atom. The van der Waals surface area contributed by atoms with E-state index in [1.807, 2.05) is 32.1 Å². The van der Waals surface area contributed by atoms with Gasteiger partial charge in [-0.05, 0) is 73.2 Å². The van der Waals surface area contributed by atoms with E-state index in [0.717, 1.165) is 35.2 Å². The van der Waals surface area contributed by atoms with Crippen LogP contribution in [-0.2, 0) is 23.0 Å². The van der Waals surface area contributed by atoms with Gasteiger partial charge in [0.2, 0.25) is 15.9 Å². The molecule has 9 nitrogen and oxygen atoms in total. The monoisotopic (exact) mass is 471 g/mol. The Bertz CT molecular complexity index is 1300. The molecule has 0 unspecified atom stereocenters. The number of benzene rings is 2. The second-order valence-corrected chi connectivity index (χ2v) is 10.9. The number of hydrogen-bond donors (Lipinski definition) is 2. The topological polar surface area (TPSA) is 109 Å². The molecule has 0 bridgehead atoms. The van der Waals surface area contributed by atoms with Crippen molar-refractivity contribution in [2.75, 3.05) is 47.8 Å². The number of fused-ring (bicyclic) bond motifs is 3. The van der Waals surface area contributed by atoms with Crippen LogP contribution in [0.3, 0.4) is 0 Å². The van der Waals surface area contributed by atoms with E-state index in [1.165, 1.54) is 4.31 Å². The number of sulfonamides is 1. The van der Waals surface area contributed by atoms with Crippen molar-refractivity contribution in [3.63, 3.8) is 0 Å². The Morgan fingerprint density at radius 3 is 2.45 bits per heavy atom. The average Bonchev–Trinajstić information content (AvgIpc) is 3.11. The van der Waals surface area contributed by atoms with Crippen LogP contribution in [0.15, 0.2) is 40.4 Å². The molecule has 2 N–H and O–H groups in total. The van der Waals surface area contributed by atoms with Gasteiger partial charge in [-0.3, -0.25) is 0 Å². The molecule has 176 valence electrons. The van der Waals surface area contributed by atoms with Gasteiger partial charge in [0.25, 0.3) is 0 Å². The predicted molar refractivity (Wildman–Crippen MR) is 129 cm³/mol. The molecule has 33 heavy (non-hydrogen) atoms. The zero-order chi connectivity index (χ0) is 23.9. The van der Waals surface area contributed by atoms with Crippen molar-refractivity contribution < 1.29 is 13.5 Å². The number of aromatic hydroxyl groups is 1. The summed E-state index contributed by atoms with van der Waals surface area (Å²) in [5.41, 5.74) is 4.61. The van der Waals surface area contributed by atoms with E-state index in [0.29, 0.717) is 30.5 Å². The first-order chi connectivity index (χ1) is 15.6. The highest BCUT2D eigenvalue weighted by Gasteiger charge is 2.25. The lowest BCUT2D eigenvalue weighted by molar-refractivity contribution is 0.314. The summed E-state index contributed by atoms with van der Waals surface area (Å²) < 4.78 is 27.2. The van der Waals surface area contributed by atoms with Gasteiger partial charge in [-0.15, -0.1) is 4.91 Å². The first-order valence-corrected chi connectivity index (χ1v) is 12.2. The van der Waals surface area contributed by atoms with E-state index >= 15 is 0 Å². The third kappa shape index (κ3) is 4.26. The number of nitrogens with zero attached hydrogens (tertiary/aromatic N) is 4. The summed E-state index contributed by atoms with van der Waals surface area (Å²) in [6.07, 6.45) is 0.800. The normalized spacial score (nSPS) is 14.8. The maximum atomic E-state index is 12.9. The number of hydrogen-bond acceptors (Lipinski definition) is 7. The standard InChI is InChI=1S/C23H29N5O4S/c1-26(2)11-12-28(4)33(31,32)16-7-5-15(6-8-16)18-13-19-21(24-23(29)22(19)25-30)20-14-27(3)10-9-17(18)20/h5-8,13,24,29H,9-12,14H2,1-4H3. The minimum absolute atomic E-state index is 0.0102. The Hall–Kier alpha value is -2.79. The van der Waals surface area contributed by atoms with Crippen molar-refractivity contribution in [3.05, 3.63) is 46.4 Å². The van der Waals surface area contributed by atoms with E-state index in [9.17, 15) is 18.4 Å². The predicted octanol–water partition coefficient (Wildman–Crippen LogP) is 3.11. The number of nitrogens with one attached hydrogen (secondary N) is 1. The molecule has 4 rings (SSSR count). The summed E-state index contributed by atoms with van der Waals surface area (Å²) in [6, 6.07) is 8.70. The van der Waals surface area contributed by atoms with Crippen LogP contribution in [0, 0.1) is 4.91 Å². The van der Waals surface area contributed by atoms with Crippen LogP contribution < -0.4 is 0 Å². The van der Waals surface area contributed by atoms with E-state index in [1.54, 1.807) is 31.3 Å². The fraction of sp³-hybridized carbons (Fsp3) is 0.391. The molecule has 0 fully saturated rings. The third-order valence-corrected chi connectivity index (χ3v) is 8.14. The first kappa shape index (κ1) is 23.4. The number of H-pyrrole nitrogens is 1. The van der Waals surface area contributed by atoms with Gasteiger partial charge in [-0.25, -0.2) is 8.42 Å². The second-order valence-electron chi connectivity index (χ2n) is 8.86. The average molecular weight is 472 g/mol. The Labute approximate surface area is 193 Å². The lowest BCUT2D eigenvalue weighted by Gasteiger charge is -2.27. The van der Waals surface area contributed by atoms with Crippen LogP contribution in [0.25, 0.3) is 22.0 Å². The molecule has 1 aromatic heterocycles. The van der Waals surface area contributed by atoms with Gasteiger partial charge in [0.1, 0.15) is 0 Å². The van der Waals surface area contributed by atoms with Crippen LogP contribution in [0.1, 0.15) is 11.1 Å². The Morgan fingerprint density at radius 2 is 1.82 bits per heavy atom. The fourth-order valence-corrected chi connectivity index (χ4v) is 5.49. The van der Waals surface area contributed by atoms with E-state index in [4.69, 9.17) is 0 Å². The highest BCUT2D eigenvalue weighted by molar-refractivity contribution is 7.89. The number of likely N-dealkylation sites (N-methyl/N-ethyl adjacent to an activating group) is 3. The van der Waals surface area contributed by atoms with Gasteiger partial charge < -0.3 is 19.9 Å². The summed E-state index contributed by atoms with van der Waals surface area (Å²) in [5, 5.41) is 13.8. The highest BCUT2D eigenvalue weighted by atomic mass is 32.2. The van der Waals surface area contributed by atoms with Crippen molar-refractivity contribution in [3.8, 4) is 17.0 Å². The van der Waals surface area contributed by atoms with Gasteiger partial charge in [0, 0.05) is 38.6 Å². The first-order valence-electron chi connectivity index (χ1n) is 10.8. The fourth-order valence-electron chi connectivity index (χ4n) is 4.32. The van der Waals surface area contributed by atoms with E-state index in [-0.39, 0.29) is 16.5 Å². The van der Waals surface area contributed by atoms with Crippen molar-refractivity contribution >= 4 is 26.6 Å². The van der Waals surface area contributed by atoms with Crippen molar-refractivity contribution in [2.45, 2.75) is 17.9 Å². The van der Waals surface area contributed by atoms with Crippen LogP contribution >= 0.6 is 0 Å². The maximum absolute atomic E-state index is 12.9. The van der Waals surface area contributed by atoms with Gasteiger partial charge in [-0.1, -0.05) is 12.1 Å². The molecule has 0 spiro atoms. The molecule has 2 heterocycles. The summed E-state index contributed by atoms with van der Waals surface area (Å²) in [4.78, 5) is 18.6. The molecular formula is C23H29N5O4S. The summed E-state index contributed by atoms with van der Waals surface area (Å²) in [6.45, 7) is 2.57. The molecule has 1 aliphatic rings. The number of rotatable bonds is 7. The molecule has 0 atom stereocenters. The van der Waals surface area contributed by atoms with Gasteiger partial charge in [0.15, 0.2) is 5.69 Å². The lowest BCUT2D eigenvalue weighted by atomic mass is 9.89. The molecule has 0 amide bonds. The van der Waals surface area contributed by atoms with Gasteiger partial charge in [0.05, 0.1) is 10.4 Å². The third-order valence-electron chi connectivity index (χ3n) is 6.27. The Kier molecular flexibility index (Phi) is 6.28. The molecular weight excluding hydrogens is 442 g/mol. The summed E-state index contributed by atoms with van der Waals surface area (Å²) in [7, 11) is 3.82. The van der Waals surface area contributed by atoms with E-state index in [2.05, 4.69) is 15.1 Å². The van der Waals surface area contributed by atoms with Crippen LogP contribution in [0.4, 0.5) is 5.69 Å². The van der Waals surface area contributed by atoms with Crippen molar-refractivity contribution in [1.82, 2.24) is 19.1 Å². The van der Waals surface area contributed by atoms with Crippen molar-refractivity contribution in [1.29, 1.82) is 0 Å². The van der Waals surface area contributed by atoms with E-state index < -0.39 is 10.0 Å². The highest BCUT2D eigenvalue weighted by Crippen LogP contribution is 2.43. The van der Waals surface area contributed by atoms with Crippen molar-refractivity contribution in [2.24, 2.45) is 5.18 Å². The second kappa shape index (κ2) is 8.86. The number of aromatic amines is 1. The molecule has 0 aliphatic carbocycles. The molecule has 0 radical (unpaired) electrons. The summed E-state index contributed by atoms with van der Waals surface area (Å²) in [5.74, 6) is -0.241. The minimum Gasteiger partial charge on any atom is -0.493 e. The maximum Gasteiger partial charge on any atom is 0.242 e. The van der Waals surface area contributed by atoms with Crippen LogP contribution in [0.2, 0.25) is 0 Å². The zero-order valence-corrected chi connectivity index (χ0v) is 20.1. The van der Waals surface area contributed by atoms with Gasteiger partial charge in [-0.2, -0.15) is 4.31 Å². The summed E-state index contributed by atoms with van der Waals surface area (Å²) >= 11 is 0. The smallest absolute Gasteiger partial charge is 0.242 e. The minimum atomic E-state index is -3.59. The SMILES string of the molecule is CN(C)CCN(C)S(=O)(=O)c1ccc(-c2cc3c(N=O)c(O)[nH]c3c3c2CCN(C)C3)cc1. The molecule has 0 saturated carbocycles. The lowest BCUT2D eigenvalue weighted by Crippen LogP contribution is -2.33. The molecule has 2 aromatic carbocycles. The van der Waals surface area contributed by atoms with Gasteiger partial charge >= 0.3 is 0 Å². The molecule has 1 aliphatic heterocycles.